The Morgan fingerprint density at radius 1 is 1.11 bits per heavy atom. The highest BCUT2D eigenvalue weighted by molar-refractivity contribution is 5.76. The molecule has 2 aliphatic rings. The average Bonchev–Trinajstić information content (AvgIpc) is 2.88. The first-order chi connectivity index (χ1) is 16.8. The van der Waals surface area contributed by atoms with Crippen molar-refractivity contribution in [3.63, 3.8) is 0 Å². The number of methoxy groups -OCH3 is 1. The number of piperidine rings is 1. The van der Waals surface area contributed by atoms with Crippen molar-refractivity contribution in [2.24, 2.45) is 5.41 Å². The number of nitrogens with zero attached hydrogens (tertiary/aromatic N) is 2. The van der Waals surface area contributed by atoms with Crippen LogP contribution in [0.1, 0.15) is 67.1 Å². The molecule has 0 radical (unpaired) electrons. The maximum Gasteiger partial charge on any atom is 0.310 e. The summed E-state index contributed by atoms with van der Waals surface area (Å²) in [5, 5.41) is 22.0. The zero-order valence-electron chi connectivity index (χ0n) is 20.7. The summed E-state index contributed by atoms with van der Waals surface area (Å²) >= 11 is 0. The number of nitro groups is 1. The van der Waals surface area contributed by atoms with Crippen LogP contribution in [0.15, 0.2) is 48.5 Å². The summed E-state index contributed by atoms with van der Waals surface area (Å²) in [6, 6.07) is 16.3. The number of ether oxygens (including phenoxy) is 1. The molecule has 4 rings (SSSR count). The van der Waals surface area contributed by atoms with E-state index in [1.165, 1.54) is 24.0 Å². The van der Waals surface area contributed by atoms with Gasteiger partial charge in [0, 0.05) is 11.0 Å². The molecule has 3 unspecified atom stereocenters. The van der Waals surface area contributed by atoms with Crippen molar-refractivity contribution in [3.8, 4) is 5.75 Å². The first-order valence-electron chi connectivity index (χ1n) is 12.6. The monoisotopic (exact) mass is 480 g/mol. The largest absolute Gasteiger partial charge is 0.497 e. The SMILES string of the molecule is COc1ccc(C(C[N+](=O)[O-])C2(C(=O)O)CCN(C3CCCCC3c3ccc(C)cc3)CC2)cc1. The van der Waals surface area contributed by atoms with Gasteiger partial charge in [0.2, 0.25) is 6.54 Å². The van der Waals surface area contributed by atoms with Crippen LogP contribution >= 0.6 is 0 Å². The minimum atomic E-state index is -1.16. The number of aryl methyl sites for hydroxylation is 1. The van der Waals surface area contributed by atoms with Crippen LogP contribution in [0, 0.1) is 22.5 Å². The van der Waals surface area contributed by atoms with Crippen molar-refractivity contribution in [3.05, 3.63) is 75.3 Å². The van der Waals surface area contributed by atoms with E-state index in [9.17, 15) is 20.0 Å². The highest BCUT2D eigenvalue weighted by Crippen LogP contribution is 2.47. The van der Waals surface area contributed by atoms with Crippen LogP contribution in [0.5, 0.6) is 5.75 Å². The van der Waals surface area contributed by atoms with Gasteiger partial charge in [-0.15, -0.1) is 0 Å². The number of aliphatic carboxylic acids is 1. The third kappa shape index (κ3) is 5.35. The first-order valence-corrected chi connectivity index (χ1v) is 12.6. The van der Waals surface area contributed by atoms with Crippen LogP contribution in [-0.2, 0) is 4.79 Å². The Balaban J connectivity index is 1.57. The van der Waals surface area contributed by atoms with Gasteiger partial charge in [-0.05, 0) is 74.9 Å². The lowest BCUT2D eigenvalue weighted by Crippen LogP contribution is -2.53. The second-order valence-electron chi connectivity index (χ2n) is 10.2. The predicted octanol–water partition coefficient (Wildman–Crippen LogP) is 5.26. The Bertz CT molecular complexity index is 1010. The molecule has 1 saturated heterocycles. The van der Waals surface area contributed by atoms with Gasteiger partial charge in [-0.25, -0.2) is 0 Å². The fourth-order valence-electron chi connectivity index (χ4n) is 6.30. The van der Waals surface area contributed by atoms with E-state index >= 15 is 0 Å². The summed E-state index contributed by atoms with van der Waals surface area (Å²) in [6.07, 6.45) is 5.46. The number of likely N-dealkylation sites (tertiary alicyclic amines) is 1. The standard InChI is InChI=1S/C28H36N2O5/c1-20-7-9-21(10-8-20)24-5-3-4-6-26(24)29-17-15-28(16-18-29,27(31)32)25(19-30(33)34)22-11-13-23(35-2)14-12-22/h7-14,24-26H,3-6,15-19H2,1-2H3,(H,31,32). The van der Waals surface area contributed by atoms with Gasteiger partial charge in [0.1, 0.15) is 5.75 Å². The molecule has 0 aromatic heterocycles. The van der Waals surface area contributed by atoms with E-state index in [-0.39, 0.29) is 4.92 Å². The van der Waals surface area contributed by atoms with Gasteiger partial charge in [-0.1, -0.05) is 54.8 Å². The lowest BCUT2D eigenvalue weighted by Gasteiger charge is -2.47. The fourth-order valence-corrected chi connectivity index (χ4v) is 6.30. The first kappa shape index (κ1) is 25.2. The zero-order valence-corrected chi connectivity index (χ0v) is 20.7. The van der Waals surface area contributed by atoms with Gasteiger partial charge in [-0.2, -0.15) is 0 Å². The van der Waals surface area contributed by atoms with Crippen LogP contribution in [0.25, 0.3) is 0 Å². The van der Waals surface area contributed by atoms with Crippen molar-refractivity contribution < 1.29 is 19.6 Å². The van der Waals surface area contributed by atoms with Crippen LogP contribution in [-0.4, -0.2) is 53.7 Å². The van der Waals surface area contributed by atoms with E-state index in [1.54, 1.807) is 31.4 Å². The third-order valence-corrected chi connectivity index (χ3v) is 8.34. The molecule has 2 aromatic rings. The van der Waals surface area contributed by atoms with E-state index in [0.29, 0.717) is 49.2 Å². The summed E-state index contributed by atoms with van der Waals surface area (Å²) in [5.41, 5.74) is 2.14. The molecule has 7 heteroatoms. The normalized spacial score (nSPS) is 23.4. The summed E-state index contributed by atoms with van der Waals surface area (Å²) < 4.78 is 5.23. The third-order valence-electron chi connectivity index (χ3n) is 8.34. The summed E-state index contributed by atoms with van der Waals surface area (Å²) in [7, 11) is 1.56. The molecule has 1 N–H and O–H groups in total. The van der Waals surface area contributed by atoms with Crippen molar-refractivity contribution in [2.45, 2.75) is 63.3 Å². The van der Waals surface area contributed by atoms with Crippen molar-refractivity contribution >= 4 is 5.97 Å². The van der Waals surface area contributed by atoms with E-state index < -0.39 is 23.8 Å². The van der Waals surface area contributed by atoms with Gasteiger partial charge in [-0.3, -0.25) is 19.8 Å². The maximum atomic E-state index is 12.7. The second kappa shape index (κ2) is 10.8. The molecule has 0 bridgehead atoms. The lowest BCUT2D eigenvalue weighted by molar-refractivity contribution is -0.486. The van der Waals surface area contributed by atoms with Crippen molar-refractivity contribution in [2.75, 3.05) is 26.7 Å². The van der Waals surface area contributed by atoms with Crippen molar-refractivity contribution in [1.29, 1.82) is 0 Å². The van der Waals surface area contributed by atoms with Crippen LogP contribution in [0.3, 0.4) is 0 Å². The zero-order chi connectivity index (χ0) is 25.0. The summed E-state index contributed by atoms with van der Waals surface area (Å²) in [6.45, 7) is 2.99. The number of hydrogen-bond donors (Lipinski definition) is 1. The molecule has 35 heavy (non-hydrogen) atoms. The topological polar surface area (TPSA) is 92.9 Å². The number of benzene rings is 2. The fraction of sp³-hybridized carbons (Fsp3) is 0.536. The Morgan fingerprint density at radius 2 is 1.74 bits per heavy atom. The van der Waals surface area contributed by atoms with E-state index in [0.717, 1.165) is 12.8 Å². The smallest absolute Gasteiger partial charge is 0.310 e. The molecule has 0 spiro atoms. The quantitative estimate of drug-likeness (QED) is 0.409. The van der Waals surface area contributed by atoms with E-state index in [4.69, 9.17) is 4.74 Å². The molecule has 1 aliphatic heterocycles. The summed E-state index contributed by atoms with van der Waals surface area (Å²) in [4.78, 5) is 26.4. The minimum Gasteiger partial charge on any atom is -0.497 e. The molecular weight excluding hydrogens is 444 g/mol. The minimum absolute atomic E-state index is 0.374. The number of rotatable bonds is 8. The molecule has 2 aromatic carbocycles. The Kier molecular flexibility index (Phi) is 7.75. The van der Waals surface area contributed by atoms with Gasteiger partial charge < -0.3 is 9.84 Å². The van der Waals surface area contributed by atoms with E-state index in [2.05, 4.69) is 36.1 Å². The molecule has 2 fully saturated rings. The van der Waals surface area contributed by atoms with Crippen LogP contribution in [0.4, 0.5) is 0 Å². The molecule has 1 aliphatic carbocycles. The Morgan fingerprint density at radius 3 is 2.31 bits per heavy atom. The number of carbonyl (C=O) groups is 1. The molecule has 1 saturated carbocycles. The van der Waals surface area contributed by atoms with Crippen LogP contribution < -0.4 is 4.74 Å². The molecule has 1 heterocycles. The van der Waals surface area contributed by atoms with Gasteiger partial charge in [0.05, 0.1) is 18.4 Å². The highest BCUT2D eigenvalue weighted by atomic mass is 16.6. The Hall–Kier alpha value is -2.93. The number of hydrogen-bond acceptors (Lipinski definition) is 5. The maximum absolute atomic E-state index is 12.7. The number of carboxylic acids is 1. The van der Waals surface area contributed by atoms with Gasteiger partial charge >= 0.3 is 5.97 Å². The van der Waals surface area contributed by atoms with Gasteiger partial charge in [0.25, 0.3) is 0 Å². The van der Waals surface area contributed by atoms with Crippen LogP contribution in [0.2, 0.25) is 0 Å². The summed E-state index contributed by atoms with van der Waals surface area (Å²) in [5.74, 6) is -0.536. The van der Waals surface area contributed by atoms with E-state index in [1.807, 2.05) is 0 Å². The van der Waals surface area contributed by atoms with Crippen molar-refractivity contribution in [1.82, 2.24) is 4.90 Å². The predicted molar refractivity (Wildman–Crippen MR) is 135 cm³/mol. The number of carboxylic acid groups (broad SMARTS) is 1. The molecule has 3 atom stereocenters. The highest BCUT2D eigenvalue weighted by Gasteiger charge is 2.51. The molecule has 0 amide bonds. The average molecular weight is 481 g/mol. The lowest BCUT2D eigenvalue weighted by atomic mass is 9.65. The molecule has 7 nitrogen and oxygen atoms in total. The second-order valence-corrected chi connectivity index (χ2v) is 10.2. The molecule has 188 valence electrons. The Labute approximate surface area is 207 Å². The van der Waals surface area contributed by atoms with Gasteiger partial charge in [0.15, 0.2) is 0 Å². The molecular formula is C28H36N2O5.